The largest absolute Gasteiger partial charge is 0.371 e. The van der Waals surface area contributed by atoms with Crippen LogP contribution >= 0.6 is 0 Å². The standard InChI is InChI=1S/C15H24N2/c1-12-6-7-15(14(10-12)11-13(2)16)17-8-4-3-5-9-17/h6-7,10,13H,3-5,8-9,11,16H2,1-2H3. The zero-order chi connectivity index (χ0) is 12.3. The molecule has 1 atom stereocenters. The second kappa shape index (κ2) is 5.54. The molecule has 2 heteroatoms. The Morgan fingerprint density at radius 1 is 1.24 bits per heavy atom. The van der Waals surface area contributed by atoms with Crippen molar-refractivity contribution in [3.63, 3.8) is 0 Å². The van der Waals surface area contributed by atoms with Crippen LogP contribution in [-0.2, 0) is 6.42 Å². The van der Waals surface area contributed by atoms with Crippen molar-refractivity contribution in [2.45, 2.75) is 45.6 Å². The van der Waals surface area contributed by atoms with Crippen LogP contribution < -0.4 is 10.6 Å². The van der Waals surface area contributed by atoms with E-state index in [0.29, 0.717) is 0 Å². The first kappa shape index (κ1) is 12.4. The fourth-order valence-electron chi connectivity index (χ4n) is 2.67. The van der Waals surface area contributed by atoms with Crippen molar-refractivity contribution in [1.29, 1.82) is 0 Å². The highest BCUT2D eigenvalue weighted by molar-refractivity contribution is 5.55. The van der Waals surface area contributed by atoms with Gasteiger partial charge in [-0.1, -0.05) is 17.7 Å². The summed E-state index contributed by atoms with van der Waals surface area (Å²) in [7, 11) is 0. The van der Waals surface area contributed by atoms with Crippen molar-refractivity contribution in [1.82, 2.24) is 0 Å². The molecule has 1 fully saturated rings. The third kappa shape index (κ3) is 3.22. The Bertz CT molecular complexity index is 365. The van der Waals surface area contributed by atoms with Crippen LogP contribution in [0.4, 0.5) is 5.69 Å². The Labute approximate surface area is 105 Å². The van der Waals surface area contributed by atoms with Gasteiger partial charge in [0.1, 0.15) is 0 Å². The third-order valence-electron chi connectivity index (χ3n) is 3.47. The number of aryl methyl sites for hydroxylation is 1. The Balaban J connectivity index is 2.24. The molecule has 1 aromatic carbocycles. The van der Waals surface area contributed by atoms with Gasteiger partial charge in [-0.2, -0.15) is 0 Å². The Morgan fingerprint density at radius 3 is 2.59 bits per heavy atom. The average molecular weight is 232 g/mol. The average Bonchev–Trinajstić information content (AvgIpc) is 2.29. The van der Waals surface area contributed by atoms with Crippen molar-refractivity contribution in [3.05, 3.63) is 29.3 Å². The van der Waals surface area contributed by atoms with Crippen LogP contribution in [0.5, 0.6) is 0 Å². The van der Waals surface area contributed by atoms with Crippen LogP contribution in [0.1, 0.15) is 37.3 Å². The highest BCUT2D eigenvalue weighted by Gasteiger charge is 2.15. The molecule has 2 rings (SSSR count). The summed E-state index contributed by atoms with van der Waals surface area (Å²) in [6, 6.07) is 7.03. The first-order chi connectivity index (χ1) is 8.16. The maximum absolute atomic E-state index is 5.95. The predicted molar refractivity (Wildman–Crippen MR) is 74.6 cm³/mol. The Hall–Kier alpha value is -1.02. The van der Waals surface area contributed by atoms with E-state index in [4.69, 9.17) is 5.73 Å². The maximum atomic E-state index is 5.95. The summed E-state index contributed by atoms with van der Waals surface area (Å²) in [4.78, 5) is 2.53. The van der Waals surface area contributed by atoms with E-state index in [1.807, 2.05) is 0 Å². The maximum Gasteiger partial charge on any atom is 0.0399 e. The van der Waals surface area contributed by atoms with E-state index in [-0.39, 0.29) is 6.04 Å². The molecule has 1 aliphatic rings. The molecular formula is C15H24N2. The molecule has 2 nitrogen and oxygen atoms in total. The summed E-state index contributed by atoms with van der Waals surface area (Å²) in [6.45, 7) is 6.65. The van der Waals surface area contributed by atoms with Crippen LogP contribution in [-0.4, -0.2) is 19.1 Å². The first-order valence-electron chi connectivity index (χ1n) is 6.77. The molecule has 0 spiro atoms. The summed E-state index contributed by atoms with van der Waals surface area (Å²) in [5, 5.41) is 0. The van der Waals surface area contributed by atoms with Crippen LogP contribution in [0.15, 0.2) is 18.2 Å². The van der Waals surface area contributed by atoms with E-state index in [2.05, 4.69) is 36.9 Å². The molecule has 1 saturated heterocycles. The fourth-order valence-corrected chi connectivity index (χ4v) is 2.67. The minimum atomic E-state index is 0.236. The van der Waals surface area contributed by atoms with Crippen molar-refractivity contribution in [3.8, 4) is 0 Å². The fraction of sp³-hybridized carbons (Fsp3) is 0.600. The van der Waals surface area contributed by atoms with E-state index in [0.717, 1.165) is 6.42 Å². The molecule has 0 bridgehead atoms. The molecule has 1 aromatic rings. The van der Waals surface area contributed by atoms with E-state index < -0.39 is 0 Å². The van der Waals surface area contributed by atoms with Crippen molar-refractivity contribution in [2.24, 2.45) is 5.73 Å². The number of hydrogen-bond acceptors (Lipinski definition) is 2. The van der Waals surface area contributed by atoms with Gasteiger partial charge in [0.25, 0.3) is 0 Å². The number of benzene rings is 1. The zero-order valence-electron chi connectivity index (χ0n) is 11.1. The number of nitrogens with two attached hydrogens (primary N) is 1. The molecule has 1 heterocycles. The molecule has 0 aliphatic carbocycles. The van der Waals surface area contributed by atoms with Crippen LogP contribution in [0.2, 0.25) is 0 Å². The van der Waals surface area contributed by atoms with E-state index >= 15 is 0 Å². The third-order valence-corrected chi connectivity index (χ3v) is 3.47. The topological polar surface area (TPSA) is 29.3 Å². The lowest BCUT2D eigenvalue weighted by Crippen LogP contribution is -2.31. The van der Waals surface area contributed by atoms with Gasteiger partial charge in [-0.25, -0.2) is 0 Å². The molecule has 1 aliphatic heterocycles. The lowest BCUT2D eigenvalue weighted by Gasteiger charge is -2.31. The van der Waals surface area contributed by atoms with Crippen LogP contribution in [0.3, 0.4) is 0 Å². The molecule has 2 N–H and O–H groups in total. The van der Waals surface area contributed by atoms with Crippen molar-refractivity contribution in [2.75, 3.05) is 18.0 Å². The van der Waals surface area contributed by atoms with E-state index in [1.165, 1.54) is 49.2 Å². The smallest absolute Gasteiger partial charge is 0.0399 e. The first-order valence-corrected chi connectivity index (χ1v) is 6.77. The number of piperidine rings is 1. The quantitative estimate of drug-likeness (QED) is 0.868. The minimum Gasteiger partial charge on any atom is -0.371 e. The molecule has 0 amide bonds. The molecule has 0 aromatic heterocycles. The minimum absolute atomic E-state index is 0.236. The summed E-state index contributed by atoms with van der Waals surface area (Å²) in [5.74, 6) is 0. The number of nitrogens with zero attached hydrogens (tertiary/aromatic N) is 1. The SMILES string of the molecule is Cc1ccc(N2CCCCC2)c(CC(C)N)c1. The molecule has 94 valence electrons. The monoisotopic (exact) mass is 232 g/mol. The normalized spacial score (nSPS) is 18.2. The number of anilines is 1. The second-order valence-corrected chi connectivity index (χ2v) is 5.36. The molecule has 1 unspecified atom stereocenters. The Kier molecular flexibility index (Phi) is 4.06. The van der Waals surface area contributed by atoms with Gasteiger partial charge < -0.3 is 10.6 Å². The van der Waals surface area contributed by atoms with E-state index in [1.54, 1.807) is 0 Å². The predicted octanol–water partition coefficient (Wildman–Crippen LogP) is 2.88. The number of rotatable bonds is 3. The van der Waals surface area contributed by atoms with Crippen molar-refractivity contribution < 1.29 is 0 Å². The molecule has 17 heavy (non-hydrogen) atoms. The lowest BCUT2D eigenvalue weighted by atomic mass is 10.0. The van der Waals surface area contributed by atoms with Gasteiger partial charge in [-0.15, -0.1) is 0 Å². The molecular weight excluding hydrogens is 208 g/mol. The molecule has 0 saturated carbocycles. The van der Waals surface area contributed by atoms with Gasteiger partial charge >= 0.3 is 0 Å². The van der Waals surface area contributed by atoms with Gasteiger partial charge in [0.05, 0.1) is 0 Å². The van der Waals surface area contributed by atoms with Crippen LogP contribution in [0, 0.1) is 6.92 Å². The van der Waals surface area contributed by atoms with E-state index in [9.17, 15) is 0 Å². The lowest BCUT2D eigenvalue weighted by molar-refractivity contribution is 0.575. The van der Waals surface area contributed by atoms with Crippen molar-refractivity contribution >= 4 is 5.69 Å². The molecule has 0 radical (unpaired) electrons. The van der Waals surface area contributed by atoms with Gasteiger partial charge in [0.2, 0.25) is 0 Å². The van der Waals surface area contributed by atoms with Gasteiger partial charge in [0, 0.05) is 24.8 Å². The second-order valence-electron chi connectivity index (χ2n) is 5.36. The van der Waals surface area contributed by atoms with Gasteiger partial charge in [-0.3, -0.25) is 0 Å². The highest BCUT2D eigenvalue weighted by atomic mass is 15.1. The highest BCUT2D eigenvalue weighted by Crippen LogP contribution is 2.26. The Morgan fingerprint density at radius 2 is 1.94 bits per heavy atom. The van der Waals surface area contributed by atoms with Gasteiger partial charge in [0.15, 0.2) is 0 Å². The van der Waals surface area contributed by atoms with Gasteiger partial charge in [-0.05, 0) is 51.2 Å². The number of hydrogen-bond donors (Lipinski definition) is 1. The summed E-state index contributed by atoms with van der Waals surface area (Å²) >= 11 is 0. The zero-order valence-corrected chi connectivity index (χ0v) is 11.1. The van der Waals surface area contributed by atoms with Crippen LogP contribution in [0.25, 0.3) is 0 Å². The summed E-state index contributed by atoms with van der Waals surface area (Å²) < 4.78 is 0. The summed E-state index contributed by atoms with van der Waals surface area (Å²) in [6.07, 6.45) is 5.01. The summed E-state index contributed by atoms with van der Waals surface area (Å²) in [5.41, 5.74) is 10.1.